The van der Waals surface area contributed by atoms with Crippen molar-refractivity contribution in [1.82, 2.24) is 9.80 Å². The summed E-state index contributed by atoms with van der Waals surface area (Å²) in [6.45, 7) is 5.19. The van der Waals surface area contributed by atoms with Crippen LogP contribution in [0.15, 0.2) is 60.7 Å². The molecule has 1 N–H and O–H groups in total. The first-order chi connectivity index (χ1) is 11.3. The predicted molar refractivity (Wildman–Crippen MR) is 103 cm³/mol. The van der Waals surface area contributed by atoms with Gasteiger partial charge >= 0.3 is 0 Å². The highest BCUT2D eigenvalue weighted by molar-refractivity contribution is 5.96. The first-order valence-corrected chi connectivity index (χ1v) is 8.48. The van der Waals surface area contributed by atoms with E-state index in [4.69, 9.17) is 5.41 Å². The Hall–Kier alpha value is -1.84. The van der Waals surface area contributed by atoms with Crippen LogP contribution >= 0.6 is 12.4 Å². The highest BCUT2D eigenvalue weighted by atomic mass is 35.5. The standard InChI is InChI=1S/C20H25N3.ClH/c21-20(19-11-5-2-6-12-19)23-16-14-22(15-17-23)13-7-10-18-8-3-1-4-9-18;/h1-6,8-9,11-12,21H,7,10,13-17H2;1H. The second-order valence-electron chi connectivity index (χ2n) is 6.13. The molecule has 4 heteroatoms. The van der Waals surface area contributed by atoms with E-state index < -0.39 is 0 Å². The molecule has 0 aromatic heterocycles. The maximum atomic E-state index is 8.35. The minimum absolute atomic E-state index is 0. The number of halogens is 1. The molecule has 0 radical (unpaired) electrons. The van der Waals surface area contributed by atoms with E-state index >= 15 is 0 Å². The third-order valence-electron chi connectivity index (χ3n) is 4.52. The Labute approximate surface area is 151 Å². The maximum absolute atomic E-state index is 8.35. The van der Waals surface area contributed by atoms with Crippen LogP contribution < -0.4 is 0 Å². The molecule has 0 spiro atoms. The number of nitrogens with zero attached hydrogens (tertiary/aromatic N) is 2. The van der Waals surface area contributed by atoms with Gasteiger partial charge in [0.15, 0.2) is 0 Å². The summed E-state index contributed by atoms with van der Waals surface area (Å²) in [6.07, 6.45) is 2.36. The van der Waals surface area contributed by atoms with Gasteiger partial charge < -0.3 is 4.90 Å². The van der Waals surface area contributed by atoms with Crippen molar-refractivity contribution in [2.75, 3.05) is 32.7 Å². The molecule has 0 amide bonds. The Morgan fingerprint density at radius 2 is 1.42 bits per heavy atom. The fraction of sp³-hybridized carbons (Fsp3) is 0.350. The molecular formula is C20H26ClN3. The van der Waals surface area contributed by atoms with Crippen LogP contribution in [0.2, 0.25) is 0 Å². The fourth-order valence-corrected chi connectivity index (χ4v) is 3.13. The van der Waals surface area contributed by atoms with Crippen molar-refractivity contribution in [3.63, 3.8) is 0 Å². The van der Waals surface area contributed by atoms with E-state index in [2.05, 4.69) is 40.1 Å². The summed E-state index contributed by atoms with van der Waals surface area (Å²) in [7, 11) is 0. The van der Waals surface area contributed by atoms with Gasteiger partial charge in [0.1, 0.15) is 5.84 Å². The van der Waals surface area contributed by atoms with Crippen LogP contribution in [0.3, 0.4) is 0 Å². The van der Waals surface area contributed by atoms with Crippen LogP contribution in [0.1, 0.15) is 17.5 Å². The van der Waals surface area contributed by atoms with Crippen LogP contribution in [0.4, 0.5) is 0 Å². The molecule has 1 saturated heterocycles. The van der Waals surface area contributed by atoms with Gasteiger partial charge in [-0.2, -0.15) is 0 Å². The highest BCUT2D eigenvalue weighted by Crippen LogP contribution is 2.10. The summed E-state index contributed by atoms with van der Waals surface area (Å²) in [5.41, 5.74) is 2.45. The average molecular weight is 344 g/mol. The number of nitrogens with one attached hydrogen (secondary N) is 1. The Balaban J connectivity index is 0.00000208. The number of benzene rings is 2. The number of hydrogen-bond acceptors (Lipinski definition) is 2. The lowest BCUT2D eigenvalue weighted by molar-refractivity contribution is 0.180. The molecule has 0 atom stereocenters. The fourth-order valence-electron chi connectivity index (χ4n) is 3.13. The summed E-state index contributed by atoms with van der Waals surface area (Å²) in [4.78, 5) is 4.72. The second-order valence-corrected chi connectivity index (χ2v) is 6.13. The number of piperazine rings is 1. The molecule has 1 aliphatic heterocycles. The van der Waals surface area contributed by atoms with Gasteiger partial charge in [-0.05, 0) is 24.9 Å². The molecular weight excluding hydrogens is 318 g/mol. The van der Waals surface area contributed by atoms with Crippen molar-refractivity contribution in [3.05, 3.63) is 71.8 Å². The highest BCUT2D eigenvalue weighted by Gasteiger charge is 2.19. The van der Waals surface area contributed by atoms with Crippen LogP contribution in [-0.2, 0) is 6.42 Å². The van der Waals surface area contributed by atoms with Crippen molar-refractivity contribution in [3.8, 4) is 0 Å². The van der Waals surface area contributed by atoms with Crippen molar-refractivity contribution in [1.29, 1.82) is 5.41 Å². The van der Waals surface area contributed by atoms with E-state index in [0.717, 1.165) is 44.7 Å². The van der Waals surface area contributed by atoms with E-state index in [9.17, 15) is 0 Å². The molecule has 0 unspecified atom stereocenters. The zero-order valence-electron chi connectivity index (χ0n) is 14.0. The van der Waals surface area contributed by atoms with Crippen molar-refractivity contribution in [2.24, 2.45) is 0 Å². The van der Waals surface area contributed by atoms with Crippen LogP contribution in [0.25, 0.3) is 0 Å². The Morgan fingerprint density at radius 1 is 0.833 bits per heavy atom. The van der Waals surface area contributed by atoms with Crippen LogP contribution in [-0.4, -0.2) is 48.4 Å². The average Bonchev–Trinajstić information content (AvgIpc) is 2.63. The van der Waals surface area contributed by atoms with Crippen molar-refractivity contribution < 1.29 is 0 Å². The molecule has 2 aromatic carbocycles. The van der Waals surface area contributed by atoms with Gasteiger partial charge in [-0.15, -0.1) is 12.4 Å². The zero-order chi connectivity index (χ0) is 15.9. The maximum Gasteiger partial charge on any atom is 0.128 e. The van der Waals surface area contributed by atoms with Gasteiger partial charge in [0.25, 0.3) is 0 Å². The molecule has 1 heterocycles. The first kappa shape index (κ1) is 18.5. The Bertz CT molecular complexity index is 607. The topological polar surface area (TPSA) is 30.3 Å². The van der Waals surface area contributed by atoms with E-state index in [0.29, 0.717) is 5.84 Å². The molecule has 2 aromatic rings. The number of hydrogen-bond donors (Lipinski definition) is 1. The van der Waals surface area contributed by atoms with Gasteiger partial charge in [0, 0.05) is 31.7 Å². The number of amidine groups is 1. The quantitative estimate of drug-likeness (QED) is 0.663. The lowest BCUT2D eigenvalue weighted by Crippen LogP contribution is -2.48. The summed E-state index contributed by atoms with van der Waals surface area (Å²) in [5, 5.41) is 8.35. The lowest BCUT2D eigenvalue weighted by Gasteiger charge is -2.36. The van der Waals surface area contributed by atoms with E-state index in [-0.39, 0.29) is 12.4 Å². The van der Waals surface area contributed by atoms with Crippen LogP contribution in [0, 0.1) is 5.41 Å². The van der Waals surface area contributed by atoms with E-state index in [1.807, 2.05) is 30.3 Å². The minimum atomic E-state index is 0. The molecule has 3 rings (SSSR count). The summed E-state index contributed by atoms with van der Waals surface area (Å²) in [6, 6.07) is 20.8. The van der Waals surface area contributed by atoms with Gasteiger partial charge in [0.05, 0.1) is 0 Å². The summed E-state index contributed by atoms with van der Waals surface area (Å²) < 4.78 is 0. The SMILES string of the molecule is Cl.N=C(c1ccccc1)N1CCN(CCCc2ccccc2)CC1. The normalized spacial score (nSPS) is 14.9. The van der Waals surface area contributed by atoms with Crippen molar-refractivity contribution >= 4 is 18.2 Å². The number of aryl methyl sites for hydroxylation is 1. The van der Waals surface area contributed by atoms with Gasteiger partial charge in [-0.25, -0.2) is 0 Å². The Morgan fingerprint density at radius 3 is 2.04 bits per heavy atom. The zero-order valence-corrected chi connectivity index (χ0v) is 14.8. The second kappa shape index (κ2) is 9.45. The Kier molecular flexibility index (Phi) is 7.29. The number of rotatable bonds is 5. The lowest BCUT2D eigenvalue weighted by atomic mass is 10.1. The molecule has 128 valence electrons. The predicted octanol–water partition coefficient (Wildman–Crippen LogP) is 3.68. The first-order valence-electron chi connectivity index (χ1n) is 8.48. The molecule has 1 fully saturated rings. The third kappa shape index (κ3) is 5.08. The molecule has 3 nitrogen and oxygen atoms in total. The van der Waals surface area contributed by atoms with Gasteiger partial charge in [-0.1, -0.05) is 60.7 Å². The third-order valence-corrected chi connectivity index (χ3v) is 4.52. The van der Waals surface area contributed by atoms with Crippen molar-refractivity contribution in [2.45, 2.75) is 12.8 Å². The molecule has 0 bridgehead atoms. The molecule has 0 aliphatic carbocycles. The monoisotopic (exact) mass is 343 g/mol. The van der Waals surface area contributed by atoms with Gasteiger partial charge in [-0.3, -0.25) is 10.3 Å². The molecule has 1 aliphatic rings. The minimum Gasteiger partial charge on any atom is -0.354 e. The summed E-state index contributed by atoms with van der Waals surface area (Å²) in [5.74, 6) is 0.662. The smallest absolute Gasteiger partial charge is 0.128 e. The van der Waals surface area contributed by atoms with E-state index in [1.165, 1.54) is 12.0 Å². The van der Waals surface area contributed by atoms with E-state index in [1.54, 1.807) is 0 Å². The van der Waals surface area contributed by atoms with Crippen LogP contribution in [0.5, 0.6) is 0 Å². The summed E-state index contributed by atoms with van der Waals surface area (Å²) >= 11 is 0. The molecule has 24 heavy (non-hydrogen) atoms. The van der Waals surface area contributed by atoms with Gasteiger partial charge in [0.2, 0.25) is 0 Å². The molecule has 0 saturated carbocycles. The largest absolute Gasteiger partial charge is 0.354 e.